The van der Waals surface area contributed by atoms with Crippen molar-refractivity contribution in [2.75, 3.05) is 13.1 Å². The number of hydrogen-bond donors (Lipinski definition) is 1. The number of rotatable bonds is 3. The Morgan fingerprint density at radius 3 is 2.62 bits per heavy atom. The lowest BCUT2D eigenvalue weighted by Crippen LogP contribution is -2.45. The standard InChI is InChI=1S/C22H19BrCl2N4O2.ClH/c23-13-4-6-15-19(10-13)31-12-16-20(22(30)27-28-8-2-1-3-9-28)26-29(21(15)16)18-7-5-14(24)11-17(18)25;/h4-7,10-11H,1-3,8-9,12H2,(H,27,30);1H. The number of nitrogens with one attached hydrogen (secondary N) is 1. The van der Waals surface area contributed by atoms with Gasteiger partial charge in [0.05, 0.1) is 16.4 Å². The lowest BCUT2D eigenvalue weighted by Gasteiger charge is -2.26. The first-order chi connectivity index (χ1) is 15.0. The molecule has 0 bridgehead atoms. The molecule has 0 radical (unpaired) electrons. The van der Waals surface area contributed by atoms with Gasteiger partial charge in [-0.3, -0.25) is 10.2 Å². The summed E-state index contributed by atoms with van der Waals surface area (Å²) in [7, 11) is 0. The van der Waals surface area contributed by atoms with Crippen LogP contribution in [0.25, 0.3) is 16.9 Å². The maximum absolute atomic E-state index is 13.2. The van der Waals surface area contributed by atoms with Crippen molar-refractivity contribution in [1.82, 2.24) is 20.2 Å². The van der Waals surface area contributed by atoms with Crippen LogP contribution in [0.1, 0.15) is 35.3 Å². The summed E-state index contributed by atoms with van der Waals surface area (Å²) in [6, 6.07) is 11.0. The van der Waals surface area contributed by atoms with E-state index in [0.717, 1.165) is 53.0 Å². The minimum atomic E-state index is -0.244. The topological polar surface area (TPSA) is 59.4 Å². The molecule has 2 aliphatic rings. The van der Waals surface area contributed by atoms with Crippen LogP contribution in [-0.4, -0.2) is 33.8 Å². The molecule has 0 unspecified atom stereocenters. The van der Waals surface area contributed by atoms with Crippen LogP contribution in [0.15, 0.2) is 40.9 Å². The summed E-state index contributed by atoms with van der Waals surface area (Å²) in [5.74, 6) is 0.474. The second kappa shape index (κ2) is 9.61. The summed E-state index contributed by atoms with van der Waals surface area (Å²) in [6.07, 6.45) is 3.32. The number of piperidine rings is 1. The lowest BCUT2D eigenvalue weighted by molar-refractivity contribution is 0.0742. The molecular formula is C22H20BrCl3N4O2. The van der Waals surface area contributed by atoms with Gasteiger partial charge in [-0.25, -0.2) is 9.69 Å². The normalized spacial score (nSPS) is 15.2. The first-order valence-corrected chi connectivity index (χ1v) is 11.6. The van der Waals surface area contributed by atoms with Crippen LogP contribution >= 0.6 is 51.5 Å². The molecule has 0 spiro atoms. The number of amides is 1. The number of hydrazine groups is 1. The summed E-state index contributed by atoms with van der Waals surface area (Å²) >= 11 is 16.1. The second-order valence-electron chi connectivity index (χ2n) is 7.60. The Bertz CT molecular complexity index is 1180. The number of nitrogens with zero attached hydrogens (tertiary/aromatic N) is 3. The smallest absolute Gasteiger partial charge is 0.286 e. The van der Waals surface area contributed by atoms with Gasteiger partial charge in [0.25, 0.3) is 5.91 Å². The van der Waals surface area contributed by atoms with Gasteiger partial charge < -0.3 is 4.74 Å². The van der Waals surface area contributed by atoms with Gasteiger partial charge in [-0.15, -0.1) is 12.4 Å². The van der Waals surface area contributed by atoms with E-state index in [1.807, 2.05) is 23.2 Å². The van der Waals surface area contributed by atoms with Crippen LogP contribution in [0.2, 0.25) is 10.0 Å². The van der Waals surface area contributed by atoms with E-state index < -0.39 is 0 Å². The van der Waals surface area contributed by atoms with E-state index >= 15 is 0 Å². The molecule has 6 nitrogen and oxygen atoms in total. The Balaban J connectivity index is 0.00000245. The van der Waals surface area contributed by atoms with E-state index in [2.05, 4.69) is 21.4 Å². The molecule has 1 aromatic heterocycles. The van der Waals surface area contributed by atoms with Crippen LogP contribution < -0.4 is 10.2 Å². The molecule has 0 atom stereocenters. The van der Waals surface area contributed by atoms with E-state index in [0.29, 0.717) is 21.4 Å². The highest BCUT2D eigenvalue weighted by molar-refractivity contribution is 9.10. The van der Waals surface area contributed by atoms with Crippen molar-refractivity contribution in [2.24, 2.45) is 0 Å². The average molecular weight is 559 g/mol. The van der Waals surface area contributed by atoms with Crippen LogP contribution in [0.5, 0.6) is 5.75 Å². The van der Waals surface area contributed by atoms with Crippen molar-refractivity contribution >= 4 is 57.4 Å². The number of halogens is 4. The molecule has 0 saturated carbocycles. The monoisotopic (exact) mass is 556 g/mol. The van der Waals surface area contributed by atoms with Crippen LogP contribution in [-0.2, 0) is 6.61 Å². The largest absolute Gasteiger partial charge is 0.488 e. The van der Waals surface area contributed by atoms with Gasteiger partial charge in [0, 0.05) is 33.7 Å². The molecule has 1 N–H and O–H groups in total. The number of carbonyl (C=O) groups is 1. The highest BCUT2D eigenvalue weighted by Crippen LogP contribution is 2.42. The fraction of sp³-hybridized carbons (Fsp3) is 0.273. The minimum Gasteiger partial charge on any atom is -0.488 e. The molecule has 2 aromatic carbocycles. The van der Waals surface area contributed by atoms with Crippen molar-refractivity contribution in [1.29, 1.82) is 0 Å². The van der Waals surface area contributed by atoms with Crippen LogP contribution in [0, 0.1) is 0 Å². The van der Waals surface area contributed by atoms with Gasteiger partial charge >= 0.3 is 0 Å². The van der Waals surface area contributed by atoms with E-state index in [1.54, 1.807) is 22.9 Å². The summed E-state index contributed by atoms with van der Waals surface area (Å²) in [4.78, 5) is 13.2. The SMILES string of the molecule is Cl.O=C(NN1CCCCC1)c1nn(-c2ccc(Cl)cc2Cl)c2c1COc1cc(Br)ccc1-2. The Morgan fingerprint density at radius 2 is 1.88 bits per heavy atom. The summed E-state index contributed by atoms with van der Waals surface area (Å²) in [5, 5.41) is 7.64. The zero-order chi connectivity index (χ0) is 21.5. The fourth-order valence-electron chi connectivity index (χ4n) is 4.04. The Hall–Kier alpha value is -1.77. The maximum Gasteiger partial charge on any atom is 0.286 e. The van der Waals surface area contributed by atoms with Crippen molar-refractivity contribution < 1.29 is 9.53 Å². The summed E-state index contributed by atoms with van der Waals surface area (Å²) < 4.78 is 8.61. The molecule has 10 heteroatoms. The van der Waals surface area contributed by atoms with E-state index in [1.165, 1.54) is 6.42 Å². The predicted octanol–water partition coefficient (Wildman–Crippen LogP) is 6.05. The number of aromatic nitrogens is 2. The number of carbonyl (C=O) groups excluding carboxylic acids is 1. The molecule has 1 saturated heterocycles. The Morgan fingerprint density at radius 1 is 1.09 bits per heavy atom. The molecule has 3 heterocycles. The van der Waals surface area contributed by atoms with Crippen molar-refractivity contribution in [3.8, 4) is 22.7 Å². The number of fused-ring (bicyclic) bond motifs is 3. The Labute approximate surface area is 210 Å². The molecule has 32 heavy (non-hydrogen) atoms. The van der Waals surface area contributed by atoms with Crippen molar-refractivity contribution in [2.45, 2.75) is 25.9 Å². The second-order valence-corrected chi connectivity index (χ2v) is 9.36. The third kappa shape index (κ3) is 4.37. The molecule has 2 aliphatic heterocycles. The van der Waals surface area contributed by atoms with Crippen molar-refractivity contribution in [3.05, 3.63) is 62.2 Å². The van der Waals surface area contributed by atoms with Gasteiger partial charge in [0.15, 0.2) is 5.69 Å². The van der Waals surface area contributed by atoms with Gasteiger partial charge in [-0.05, 0) is 49.2 Å². The van der Waals surface area contributed by atoms with E-state index in [4.69, 9.17) is 33.0 Å². The third-order valence-corrected chi connectivity index (χ3v) is 6.55. The maximum atomic E-state index is 13.2. The number of hydrogen-bond acceptors (Lipinski definition) is 4. The molecular weight excluding hydrogens is 539 g/mol. The number of benzene rings is 2. The van der Waals surface area contributed by atoms with Crippen LogP contribution in [0.3, 0.4) is 0 Å². The summed E-state index contributed by atoms with van der Waals surface area (Å²) in [6.45, 7) is 1.92. The molecule has 1 fully saturated rings. The number of ether oxygens (including phenoxy) is 1. The molecule has 5 rings (SSSR count). The highest BCUT2D eigenvalue weighted by atomic mass is 79.9. The third-order valence-electron chi connectivity index (χ3n) is 5.52. The lowest BCUT2D eigenvalue weighted by atomic mass is 10.0. The zero-order valence-electron chi connectivity index (χ0n) is 16.9. The predicted molar refractivity (Wildman–Crippen MR) is 131 cm³/mol. The highest BCUT2D eigenvalue weighted by Gasteiger charge is 2.31. The fourth-order valence-corrected chi connectivity index (χ4v) is 4.87. The van der Waals surface area contributed by atoms with Gasteiger partial charge in [0.1, 0.15) is 12.4 Å². The minimum absolute atomic E-state index is 0. The van der Waals surface area contributed by atoms with Gasteiger partial charge in [0.2, 0.25) is 0 Å². The van der Waals surface area contributed by atoms with Crippen LogP contribution in [0.4, 0.5) is 0 Å². The van der Waals surface area contributed by atoms with E-state index in [9.17, 15) is 4.79 Å². The van der Waals surface area contributed by atoms with Gasteiger partial charge in [-0.2, -0.15) is 5.10 Å². The molecule has 3 aromatic rings. The van der Waals surface area contributed by atoms with E-state index in [-0.39, 0.29) is 24.9 Å². The molecule has 0 aliphatic carbocycles. The van der Waals surface area contributed by atoms with Crippen molar-refractivity contribution in [3.63, 3.8) is 0 Å². The first kappa shape index (κ1) is 23.4. The quantitative estimate of drug-likeness (QED) is 0.425. The average Bonchev–Trinajstić information content (AvgIpc) is 3.14. The zero-order valence-corrected chi connectivity index (χ0v) is 20.8. The first-order valence-electron chi connectivity index (χ1n) is 10.1. The molecule has 168 valence electrons. The molecule has 1 amide bonds. The summed E-state index contributed by atoms with van der Waals surface area (Å²) in [5.41, 5.74) is 6.36. The Kier molecular flexibility index (Phi) is 7.03. The van der Waals surface area contributed by atoms with Gasteiger partial charge in [-0.1, -0.05) is 45.6 Å².